The summed E-state index contributed by atoms with van der Waals surface area (Å²) in [6.45, 7) is 2.05. The maximum atomic E-state index is 13.5. The molecule has 0 aliphatic heterocycles. The van der Waals surface area contributed by atoms with Crippen molar-refractivity contribution >= 4 is 11.6 Å². The zero-order valence-electron chi connectivity index (χ0n) is 13.3. The Morgan fingerprint density at radius 2 is 1.96 bits per heavy atom. The summed E-state index contributed by atoms with van der Waals surface area (Å²) in [7, 11) is 0. The van der Waals surface area contributed by atoms with Gasteiger partial charge in [0.15, 0.2) is 0 Å². The molecule has 0 atom stereocenters. The second-order valence-electron chi connectivity index (χ2n) is 5.51. The van der Waals surface area contributed by atoms with Crippen LogP contribution in [0.1, 0.15) is 29.4 Å². The van der Waals surface area contributed by atoms with E-state index in [-0.39, 0.29) is 11.7 Å². The number of nitrogens with one attached hydrogen (secondary N) is 2. The van der Waals surface area contributed by atoms with Crippen molar-refractivity contribution in [3.05, 3.63) is 71.7 Å². The van der Waals surface area contributed by atoms with Gasteiger partial charge in [0.2, 0.25) is 0 Å². The van der Waals surface area contributed by atoms with E-state index in [2.05, 4.69) is 15.5 Å². The minimum absolute atomic E-state index is 0.216. The van der Waals surface area contributed by atoms with E-state index in [1.165, 1.54) is 12.1 Å². The van der Waals surface area contributed by atoms with Gasteiger partial charge in [-0.15, -0.1) is 0 Å². The Labute approximate surface area is 139 Å². The van der Waals surface area contributed by atoms with E-state index in [9.17, 15) is 9.18 Å². The highest BCUT2D eigenvalue weighted by atomic mass is 19.1. The summed E-state index contributed by atoms with van der Waals surface area (Å²) in [6.07, 6.45) is 1.64. The van der Waals surface area contributed by atoms with E-state index in [1.54, 1.807) is 24.3 Å². The molecule has 5 heteroatoms. The van der Waals surface area contributed by atoms with Crippen molar-refractivity contribution in [2.24, 2.45) is 0 Å². The lowest BCUT2D eigenvalue weighted by Crippen LogP contribution is -2.13. The fourth-order valence-electron chi connectivity index (χ4n) is 2.56. The number of H-pyrrole nitrogens is 1. The van der Waals surface area contributed by atoms with Crippen LogP contribution in [-0.4, -0.2) is 16.1 Å². The molecule has 0 unspecified atom stereocenters. The molecule has 0 aliphatic rings. The Hall–Kier alpha value is -2.95. The summed E-state index contributed by atoms with van der Waals surface area (Å²) in [5.74, 6) is -0.556. The third-order valence-corrected chi connectivity index (χ3v) is 3.71. The van der Waals surface area contributed by atoms with Gasteiger partial charge in [0.25, 0.3) is 5.91 Å². The molecule has 3 aromatic rings. The molecule has 4 nitrogen and oxygen atoms in total. The van der Waals surface area contributed by atoms with Crippen molar-refractivity contribution in [3.63, 3.8) is 0 Å². The molecule has 0 saturated carbocycles. The summed E-state index contributed by atoms with van der Waals surface area (Å²) in [5, 5.41) is 10.2. The first-order valence-corrected chi connectivity index (χ1v) is 7.88. The van der Waals surface area contributed by atoms with Crippen LogP contribution in [0.25, 0.3) is 11.3 Å². The Kier molecular flexibility index (Phi) is 4.70. The van der Waals surface area contributed by atoms with E-state index in [1.807, 2.05) is 25.1 Å². The van der Waals surface area contributed by atoms with Gasteiger partial charge in [0, 0.05) is 11.1 Å². The second kappa shape index (κ2) is 7.08. The van der Waals surface area contributed by atoms with Crippen molar-refractivity contribution in [2.75, 3.05) is 5.32 Å². The number of hydrogen-bond donors (Lipinski definition) is 2. The Morgan fingerprint density at radius 1 is 1.17 bits per heavy atom. The number of rotatable bonds is 5. The van der Waals surface area contributed by atoms with Crippen molar-refractivity contribution in [2.45, 2.75) is 19.8 Å². The average molecular weight is 323 g/mol. The molecule has 0 bridgehead atoms. The third kappa shape index (κ3) is 3.35. The van der Waals surface area contributed by atoms with Gasteiger partial charge in [0.05, 0.1) is 11.4 Å². The smallest absolute Gasteiger partial charge is 0.255 e. The quantitative estimate of drug-likeness (QED) is 0.730. The van der Waals surface area contributed by atoms with Crippen LogP contribution in [0.3, 0.4) is 0 Å². The maximum absolute atomic E-state index is 13.5. The van der Waals surface area contributed by atoms with Gasteiger partial charge in [-0.25, -0.2) is 4.39 Å². The van der Waals surface area contributed by atoms with Gasteiger partial charge >= 0.3 is 0 Å². The third-order valence-electron chi connectivity index (χ3n) is 3.71. The number of aryl methyl sites for hydroxylation is 1. The number of carbonyl (C=O) groups is 1. The minimum atomic E-state index is -0.340. The Balaban J connectivity index is 1.98. The molecule has 24 heavy (non-hydrogen) atoms. The molecule has 2 aromatic carbocycles. The normalized spacial score (nSPS) is 10.6. The van der Waals surface area contributed by atoms with Gasteiger partial charge in [-0.3, -0.25) is 9.89 Å². The van der Waals surface area contributed by atoms with Crippen LogP contribution in [0.5, 0.6) is 0 Å². The minimum Gasteiger partial charge on any atom is -0.319 e. The second-order valence-corrected chi connectivity index (χ2v) is 5.51. The van der Waals surface area contributed by atoms with Crippen LogP contribution < -0.4 is 5.32 Å². The molecule has 1 amide bonds. The molecule has 1 heterocycles. The molecule has 2 N–H and O–H groups in total. The van der Waals surface area contributed by atoms with E-state index in [0.717, 1.165) is 18.5 Å². The summed E-state index contributed by atoms with van der Waals surface area (Å²) in [6, 6.07) is 15.2. The number of amides is 1. The van der Waals surface area contributed by atoms with Crippen LogP contribution in [0.2, 0.25) is 0 Å². The number of benzene rings is 2. The number of halogens is 1. The van der Waals surface area contributed by atoms with E-state index in [4.69, 9.17) is 0 Å². The molecule has 0 aliphatic carbocycles. The van der Waals surface area contributed by atoms with Crippen molar-refractivity contribution in [1.29, 1.82) is 0 Å². The van der Waals surface area contributed by atoms with Gasteiger partial charge in [-0.2, -0.15) is 5.10 Å². The predicted molar refractivity (Wildman–Crippen MR) is 92.4 cm³/mol. The molecule has 0 fully saturated rings. The first-order chi connectivity index (χ1) is 11.7. The number of carbonyl (C=O) groups excluding carboxylic acids is 1. The summed E-state index contributed by atoms with van der Waals surface area (Å²) >= 11 is 0. The largest absolute Gasteiger partial charge is 0.319 e. The number of anilines is 1. The van der Waals surface area contributed by atoms with Crippen molar-refractivity contribution in [1.82, 2.24) is 10.2 Å². The summed E-state index contributed by atoms with van der Waals surface area (Å²) in [4.78, 5) is 12.5. The molecule has 1 aromatic heterocycles. The SMILES string of the molecule is CCCc1[nH]nc(-c2cccc(F)c2)c1NC(=O)c1ccccc1. The molecule has 3 rings (SSSR count). The number of aromatic nitrogens is 2. The zero-order chi connectivity index (χ0) is 16.9. The highest BCUT2D eigenvalue weighted by Gasteiger charge is 2.18. The van der Waals surface area contributed by atoms with E-state index < -0.39 is 0 Å². The molecular weight excluding hydrogens is 305 g/mol. The molecule has 0 saturated heterocycles. The fraction of sp³-hybridized carbons (Fsp3) is 0.158. The van der Waals surface area contributed by atoms with Gasteiger partial charge in [-0.1, -0.05) is 43.7 Å². The number of aromatic amines is 1. The predicted octanol–water partition coefficient (Wildman–Crippen LogP) is 4.42. The molecule has 0 spiro atoms. The zero-order valence-corrected chi connectivity index (χ0v) is 13.3. The lowest BCUT2D eigenvalue weighted by molar-refractivity contribution is 0.102. The fourth-order valence-corrected chi connectivity index (χ4v) is 2.56. The highest BCUT2D eigenvalue weighted by Crippen LogP contribution is 2.30. The lowest BCUT2D eigenvalue weighted by Gasteiger charge is -2.08. The van der Waals surface area contributed by atoms with E-state index >= 15 is 0 Å². The van der Waals surface area contributed by atoms with Crippen LogP contribution in [0.4, 0.5) is 10.1 Å². The molecular formula is C19H18FN3O. The topological polar surface area (TPSA) is 57.8 Å². The monoisotopic (exact) mass is 323 g/mol. The van der Waals surface area contributed by atoms with Crippen LogP contribution in [-0.2, 0) is 6.42 Å². The summed E-state index contributed by atoms with van der Waals surface area (Å²) < 4.78 is 13.5. The standard InChI is InChI=1S/C19H18FN3O/c1-2-7-16-18(21-19(24)13-8-4-3-5-9-13)17(23-22-16)14-10-6-11-15(20)12-14/h3-6,8-12H,2,7H2,1H3,(H,21,24)(H,22,23). The van der Waals surface area contributed by atoms with Gasteiger partial charge in [-0.05, 0) is 30.7 Å². The van der Waals surface area contributed by atoms with Gasteiger partial charge in [0.1, 0.15) is 11.5 Å². The van der Waals surface area contributed by atoms with Gasteiger partial charge < -0.3 is 5.32 Å². The van der Waals surface area contributed by atoms with Crippen LogP contribution in [0.15, 0.2) is 54.6 Å². The highest BCUT2D eigenvalue weighted by molar-refractivity contribution is 6.06. The number of hydrogen-bond acceptors (Lipinski definition) is 2. The molecule has 0 radical (unpaired) electrons. The lowest BCUT2D eigenvalue weighted by atomic mass is 10.1. The summed E-state index contributed by atoms with van der Waals surface area (Å²) in [5.41, 5.74) is 3.17. The van der Waals surface area contributed by atoms with Crippen molar-refractivity contribution < 1.29 is 9.18 Å². The Bertz CT molecular complexity index is 843. The maximum Gasteiger partial charge on any atom is 0.255 e. The first kappa shape index (κ1) is 15.9. The Morgan fingerprint density at radius 3 is 2.67 bits per heavy atom. The number of nitrogens with zero attached hydrogens (tertiary/aromatic N) is 1. The van der Waals surface area contributed by atoms with Crippen LogP contribution >= 0.6 is 0 Å². The van der Waals surface area contributed by atoms with Crippen molar-refractivity contribution in [3.8, 4) is 11.3 Å². The first-order valence-electron chi connectivity index (χ1n) is 7.88. The van der Waals surface area contributed by atoms with Crippen LogP contribution in [0, 0.1) is 5.82 Å². The van der Waals surface area contributed by atoms with E-state index in [0.29, 0.717) is 22.5 Å². The molecule has 122 valence electrons. The average Bonchev–Trinajstić information content (AvgIpc) is 2.98.